The molecule has 0 fully saturated rings. The molecular formula is C19H25BO3. The summed E-state index contributed by atoms with van der Waals surface area (Å²) in [6.07, 6.45) is 7.21. The lowest BCUT2D eigenvalue weighted by atomic mass is 9.78. The highest BCUT2D eigenvalue weighted by atomic mass is 16.5. The number of aromatic hydroxyl groups is 1. The molecule has 0 aliphatic carbocycles. The Kier molecular flexibility index (Phi) is 6.25. The van der Waals surface area contributed by atoms with Crippen LogP contribution in [0.4, 0.5) is 0 Å². The number of allylic oxidation sites excluding steroid dienone is 2. The molecule has 1 atom stereocenters. The quantitative estimate of drug-likeness (QED) is 0.768. The second kappa shape index (κ2) is 8.18. The van der Waals surface area contributed by atoms with Crippen molar-refractivity contribution in [2.75, 3.05) is 0 Å². The van der Waals surface area contributed by atoms with Crippen molar-refractivity contribution in [1.82, 2.24) is 0 Å². The maximum Gasteiger partial charge on any atom is 0.458 e. The van der Waals surface area contributed by atoms with Crippen LogP contribution in [-0.4, -0.2) is 23.4 Å². The van der Waals surface area contributed by atoms with Crippen LogP contribution in [0.15, 0.2) is 53.6 Å². The van der Waals surface area contributed by atoms with Crippen molar-refractivity contribution in [1.29, 1.82) is 0 Å². The Hall–Kier alpha value is -1.78. The van der Waals surface area contributed by atoms with Crippen LogP contribution in [0.2, 0.25) is 6.32 Å². The molecule has 0 amide bonds. The largest absolute Gasteiger partial charge is 0.508 e. The van der Waals surface area contributed by atoms with Gasteiger partial charge in [0.2, 0.25) is 0 Å². The first-order valence-electron chi connectivity index (χ1n) is 8.17. The number of rotatable bonds is 6. The van der Waals surface area contributed by atoms with E-state index in [4.69, 9.17) is 4.65 Å². The van der Waals surface area contributed by atoms with Gasteiger partial charge in [-0.25, -0.2) is 0 Å². The molecule has 2 rings (SSSR count). The minimum Gasteiger partial charge on any atom is -0.508 e. The normalized spacial score (nSPS) is 18.7. The van der Waals surface area contributed by atoms with Crippen molar-refractivity contribution < 1.29 is 14.8 Å². The fourth-order valence-electron chi connectivity index (χ4n) is 2.87. The van der Waals surface area contributed by atoms with Crippen LogP contribution >= 0.6 is 0 Å². The topological polar surface area (TPSA) is 49.7 Å². The van der Waals surface area contributed by atoms with E-state index in [0.717, 1.165) is 36.0 Å². The summed E-state index contributed by atoms with van der Waals surface area (Å²) in [6, 6.07) is 7.26. The Bertz CT molecular complexity index is 619. The number of hydrogen-bond acceptors (Lipinski definition) is 3. The third-order valence-corrected chi connectivity index (χ3v) is 4.12. The smallest absolute Gasteiger partial charge is 0.458 e. The summed E-state index contributed by atoms with van der Waals surface area (Å²) in [6.45, 7) is 8.11. The zero-order valence-electron chi connectivity index (χ0n) is 14.0. The fourth-order valence-corrected chi connectivity index (χ4v) is 2.87. The molecule has 0 aromatic heterocycles. The molecule has 0 saturated carbocycles. The van der Waals surface area contributed by atoms with Gasteiger partial charge in [-0.3, -0.25) is 0 Å². The van der Waals surface area contributed by atoms with Gasteiger partial charge in [-0.2, -0.15) is 0 Å². The van der Waals surface area contributed by atoms with Crippen LogP contribution in [0.3, 0.4) is 0 Å². The second-order valence-electron chi connectivity index (χ2n) is 6.04. The predicted octanol–water partition coefficient (Wildman–Crippen LogP) is 4.35. The van der Waals surface area contributed by atoms with Crippen molar-refractivity contribution in [2.45, 2.75) is 45.5 Å². The molecule has 0 spiro atoms. The molecule has 0 saturated heterocycles. The van der Waals surface area contributed by atoms with E-state index in [0.29, 0.717) is 6.32 Å². The summed E-state index contributed by atoms with van der Waals surface area (Å²) in [5.74, 6) is 0.278. The van der Waals surface area contributed by atoms with Crippen LogP contribution < -0.4 is 0 Å². The van der Waals surface area contributed by atoms with Gasteiger partial charge in [0.1, 0.15) is 5.75 Å². The summed E-state index contributed by atoms with van der Waals surface area (Å²) >= 11 is 0. The van der Waals surface area contributed by atoms with Crippen molar-refractivity contribution in [3.05, 3.63) is 59.2 Å². The monoisotopic (exact) mass is 312 g/mol. The molecule has 1 aliphatic heterocycles. The highest BCUT2D eigenvalue weighted by Crippen LogP contribution is 2.28. The summed E-state index contributed by atoms with van der Waals surface area (Å²) in [5.41, 5.74) is 4.39. The van der Waals surface area contributed by atoms with Crippen LogP contribution in [0.5, 0.6) is 5.75 Å². The summed E-state index contributed by atoms with van der Waals surface area (Å²) in [5, 5.41) is 19.3. The molecule has 0 bridgehead atoms. The lowest BCUT2D eigenvalue weighted by Crippen LogP contribution is -2.31. The zero-order valence-corrected chi connectivity index (χ0v) is 14.0. The zero-order chi connectivity index (χ0) is 16.8. The number of benzene rings is 1. The summed E-state index contributed by atoms with van der Waals surface area (Å²) < 4.78 is 5.68. The van der Waals surface area contributed by atoms with E-state index >= 15 is 0 Å². The van der Waals surface area contributed by atoms with Gasteiger partial charge in [-0.15, -0.1) is 0 Å². The molecule has 23 heavy (non-hydrogen) atoms. The van der Waals surface area contributed by atoms with Crippen LogP contribution in [0.25, 0.3) is 6.08 Å². The van der Waals surface area contributed by atoms with Crippen molar-refractivity contribution in [2.24, 2.45) is 0 Å². The minimum absolute atomic E-state index is 0.102. The van der Waals surface area contributed by atoms with Crippen molar-refractivity contribution in [3.8, 4) is 5.75 Å². The van der Waals surface area contributed by atoms with Crippen molar-refractivity contribution in [3.63, 3.8) is 0 Å². The van der Waals surface area contributed by atoms with E-state index < -0.39 is 7.12 Å². The van der Waals surface area contributed by atoms with Crippen LogP contribution in [0, 0.1) is 0 Å². The van der Waals surface area contributed by atoms with Gasteiger partial charge in [-0.1, -0.05) is 48.9 Å². The minimum atomic E-state index is -0.719. The predicted molar refractivity (Wildman–Crippen MR) is 96.2 cm³/mol. The number of phenols is 1. The molecule has 3 nitrogen and oxygen atoms in total. The van der Waals surface area contributed by atoms with E-state index in [1.165, 1.54) is 5.57 Å². The standard InChI is InChI=1S/C19H25BO3/c1-4-15(12-16-6-5-7-17(21)13-16)8-9-19-18(14(2)3)10-11-20(22)23-19/h5-7,10,12-13,19,21-22H,2,4,8-9,11H2,1,3H3/b15-12+. The van der Waals surface area contributed by atoms with Gasteiger partial charge in [-0.05, 0) is 49.5 Å². The van der Waals surface area contributed by atoms with E-state index in [-0.39, 0.29) is 11.9 Å². The van der Waals surface area contributed by atoms with Crippen LogP contribution in [-0.2, 0) is 4.65 Å². The molecule has 122 valence electrons. The maximum atomic E-state index is 9.73. The van der Waals surface area contributed by atoms with Gasteiger partial charge in [0.25, 0.3) is 0 Å². The number of hydrogen-bond donors (Lipinski definition) is 2. The molecule has 1 aromatic carbocycles. The average Bonchev–Trinajstić information content (AvgIpc) is 2.51. The van der Waals surface area contributed by atoms with Gasteiger partial charge in [0, 0.05) is 6.32 Å². The first-order valence-corrected chi connectivity index (χ1v) is 8.17. The summed E-state index contributed by atoms with van der Waals surface area (Å²) in [4.78, 5) is 0. The van der Waals surface area contributed by atoms with Gasteiger partial charge in [0.15, 0.2) is 0 Å². The van der Waals surface area contributed by atoms with E-state index in [9.17, 15) is 10.1 Å². The molecule has 1 aliphatic rings. The lowest BCUT2D eigenvalue weighted by molar-refractivity contribution is 0.183. The molecule has 1 aromatic rings. The van der Waals surface area contributed by atoms with E-state index in [2.05, 4.69) is 19.6 Å². The summed E-state index contributed by atoms with van der Waals surface area (Å²) in [7, 11) is -0.719. The van der Waals surface area contributed by atoms with Gasteiger partial charge >= 0.3 is 7.12 Å². The molecule has 0 radical (unpaired) electrons. The van der Waals surface area contributed by atoms with Gasteiger partial charge < -0.3 is 14.8 Å². The average molecular weight is 312 g/mol. The Labute approximate surface area is 139 Å². The van der Waals surface area contributed by atoms with E-state index in [1.54, 1.807) is 12.1 Å². The molecule has 1 heterocycles. The molecular weight excluding hydrogens is 287 g/mol. The second-order valence-corrected chi connectivity index (χ2v) is 6.04. The number of phenolic OH excluding ortho intramolecular Hbond substituents is 1. The first-order chi connectivity index (χ1) is 11.0. The fraction of sp³-hybridized carbons (Fsp3) is 0.368. The first kappa shape index (κ1) is 17.6. The highest BCUT2D eigenvalue weighted by molar-refractivity contribution is 6.43. The SMILES string of the molecule is C=C(C)C1=CCB(O)OC1CC/C(=C/c1cccc(O)c1)CC. The third-order valence-electron chi connectivity index (χ3n) is 4.12. The Morgan fingerprint density at radius 1 is 1.48 bits per heavy atom. The van der Waals surface area contributed by atoms with Crippen molar-refractivity contribution >= 4 is 13.2 Å². The Morgan fingerprint density at radius 3 is 2.91 bits per heavy atom. The third kappa shape index (κ3) is 5.12. The molecule has 2 N–H and O–H groups in total. The lowest BCUT2D eigenvalue weighted by Gasteiger charge is -2.27. The Balaban J connectivity index is 2.06. The molecule has 1 unspecified atom stereocenters. The maximum absolute atomic E-state index is 9.73. The van der Waals surface area contributed by atoms with Gasteiger partial charge in [0.05, 0.1) is 6.10 Å². The molecule has 4 heteroatoms. The highest BCUT2D eigenvalue weighted by Gasteiger charge is 2.27. The van der Waals surface area contributed by atoms with Crippen LogP contribution in [0.1, 0.15) is 38.7 Å². The Morgan fingerprint density at radius 2 is 2.26 bits per heavy atom. The van der Waals surface area contributed by atoms with E-state index in [1.807, 2.05) is 25.1 Å².